The predicted molar refractivity (Wildman–Crippen MR) is 87.0 cm³/mol. The summed E-state index contributed by atoms with van der Waals surface area (Å²) >= 11 is 0. The molecule has 6 nitrogen and oxygen atoms in total. The first-order chi connectivity index (χ1) is 10.8. The Morgan fingerprint density at radius 2 is 1.78 bits per heavy atom. The van der Waals surface area contributed by atoms with E-state index in [0.717, 1.165) is 18.4 Å². The summed E-state index contributed by atoms with van der Waals surface area (Å²) < 4.78 is 11.5. The fourth-order valence-corrected chi connectivity index (χ4v) is 3.82. The van der Waals surface area contributed by atoms with E-state index in [1.54, 1.807) is 0 Å². The Bertz CT molecular complexity index is 559. The molecule has 3 N–H and O–H groups in total. The van der Waals surface area contributed by atoms with Crippen LogP contribution in [0.3, 0.4) is 0 Å². The molecule has 1 aromatic carbocycles. The van der Waals surface area contributed by atoms with E-state index >= 15 is 0 Å². The van der Waals surface area contributed by atoms with Gasteiger partial charge in [-0.25, -0.2) is 0 Å². The molecule has 3 unspecified atom stereocenters. The van der Waals surface area contributed by atoms with Gasteiger partial charge >= 0.3 is 11.9 Å². The molecule has 0 aliphatic carbocycles. The van der Waals surface area contributed by atoms with Crippen LogP contribution >= 0.6 is 8.03 Å². The van der Waals surface area contributed by atoms with E-state index < -0.39 is 37.5 Å². The normalized spacial score (nSPS) is 16.3. The SMILES string of the molecule is CC(CCCCc1ccccc1)(C(=O)O)C(CC(=O)O)[PH](=O)O. The van der Waals surface area contributed by atoms with Gasteiger partial charge in [0.2, 0.25) is 0 Å². The molecule has 0 saturated carbocycles. The van der Waals surface area contributed by atoms with Crippen LogP contribution in [0.2, 0.25) is 0 Å². The van der Waals surface area contributed by atoms with Crippen LogP contribution in [0.5, 0.6) is 0 Å². The monoisotopic (exact) mass is 342 g/mol. The molecule has 128 valence electrons. The van der Waals surface area contributed by atoms with Gasteiger partial charge in [-0.05, 0) is 31.7 Å². The maximum atomic E-state index is 11.6. The second-order valence-electron chi connectivity index (χ2n) is 5.90. The van der Waals surface area contributed by atoms with E-state index in [1.807, 2.05) is 30.3 Å². The summed E-state index contributed by atoms with van der Waals surface area (Å²) in [5.41, 5.74) is -1.64. The number of carboxylic acid groups (broad SMARTS) is 2. The topological polar surface area (TPSA) is 112 Å². The van der Waals surface area contributed by atoms with Gasteiger partial charge < -0.3 is 15.1 Å². The minimum atomic E-state index is -3.27. The number of aliphatic carboxylic acids is 2. The zero-order valence-corrected chi connectivity index (χ0v) is 14.1. The number of rotatable bonds is 10. The summed E-state index contributed by atoms with van der Waals surface area (Å²) in [6.07, 6.45) is 1.62. The third-order valence-corrected chi connectivity index (χ3v) is 5.63. The number of carbonyl (C=O) groups is 2. The van der Waals surface area contributed by atoms with Crippen molar-refractivity contribution < 1.29 is 29.3 Å². The van der Waals surface area contributed by atoms with Crippen molar-refractivity contribution in [2.24, 2.45) is 5.41 Å². The maximum Gasteiger partial charge on any atom is 0.310 e. The van der Waals surface area contributed by atoms with Crippen LogP contribution in [0, 0.1) is 5.41 Å². The molecule has 0 saturated heterocycles. The van der Waals surface area contributed by atoms with E-state index in [4.69, 9.17) is 5.11 Å². The number of benzene rings is 1. The summed E-state index contributed by atoms with van der Waals surface area (Å²) in [6, 6.07) is 9.74. The average Bonchev–Trinajstić information content (AvgIpc) is 2.49. The molecule has 0 radical (unpaired) electrons. The summed E-state index contributed by atoms with van der Waals surface area (Å²) in [5.74, 6) is -2.49. The van der Waals surface area contributed by atoms with Gasteiger partial charge in [-0.1, -0.05) is 36.8 Å². The standard InChI is InChI=1S/C16H23O6P/c1-16(15(19)20,13(23(21)22)11-14(17)18)10-6-5-9-12-7-3-2-4-8-12/h2-4,7-8,13,23H,5-6,9-11H2,1H3,(H,17,18)(H,19,20)(H,21,22). The lowest BCUT2D eigenvalue weighted by Gasteiger charge is -2.31. The minimum absolute atomic E-state index is 0.171. The molecule has 1 rings (SSSR count). The largest absolute Gasteiger partial charge is 0.481 e. The third kappa shape index (κ3) is 5.81. The third-order valence-electron chi connectivity index (χ3n) is 4.19. The Morgan fingerprint density at radius 1 is 1.17 bits per heavy atom. The van der Waals surface area contributed by atoms with Crippen LogP contribution in [0.4, 0.5) is 0 Å². The fourth-order valence-electron chi connectivity index (χ4n) is 2.66. The summed E-state index contributed by atoms with van der Waals surface area (Å²) in [4.78, 5) is 31.9. The summed E-state index contributed by atoms with van der Waals surface area (Å²) in [5, 5.41) is 18.3. The molecule has 1 aromatic rings. The van der Waals surface area contributed by atoms with E-state index in [-0.39, 0.29) is 6.42 Å². The predicted octanol–water partition coefficient (Wildman–Crippen LogP) is 2.80. The number of aryl methyl sites for hydroxylation is 1. The van der Waals surface area contributed by atoms with Crippen LogP contribution in [0.15, 0.2) is 30.3 Å². The van der Waals surface area contributed by atoms with Gasteiger partial charge in [-0.2, -0.15) is 0 Å². The molecule has 0 fully saturated rings. The quantitative estimate of drug-likeness (QED) is 0.445. The van der Waals surface area contributed by atoms with Gasteiger partial charge in [-0.3, -0.25) is 14.2 Å². The van der Waals surface area contributed by atoms with Crippen molar-refractivity contribution in [3.63, 3.8) is 0 Å². The minimum Gasteiger partial charge on any atom is -0.481 e. The Hall–Kier alpha value is -1.65. The molecule has 0 spiro atoms. The zero-order valence-electron chi connectivity index (χ0n) is 13.1. The molecule has 0 bridgehead atoms. The maximum absolute atomic E-state index is 11.6. The van der Waals surface area contributed by atoms with E-state index in [9.17, 15) is 24.2 Å². The Labute approximate surface area is 136 Å². The molecular weight excluding hydrogens is 319 g/mol. The second kappa shape index (κ2) is 8.85. The lowest BCUT2D eigenvalue weighted by atomic mass is 9.79. The van der Waals surface area contributed by atoms with Gasteiger partial charge in [0, 0.05) is 0 Å². The van der Waals surface area contributed by atoms with Crippen molar-refractivity contribution in [2.75, 3.05) is 0 Å². The van der Waals surface area contributed by atoms with Gasteiger partial charge in [-0.15, -0.1) is 0 Å². The summed E-state index contributed by atoms with van der Waals surface area (Å²) in [7, 11) is -3.27. The molecule has 0 aliphatic heterocycles. The molecular formula is C16H23O6P. The highest BCUT2D eigenvalue weighted by Crippen LogP contribution is 2.43. The zero-order chi connectivity index (χ0) is 17.5. The highest BCUT2D eigenvalue weighted by atomic mass is 31.1. The number of carboxylic acids is 2. The Morgan fingerprint density at radius 3 is 2.26 bits per heavy atom. The average molecular weight is 342 g/mol. The molecule has 3 atom stereocenters. The van der Waals surface area contributed by atoms with E-state index in [1.165, 1.54) is 6.92 Å². The van der Waals surface area contributed by atoms with Gasteiger partial charge in [0.1, 0.15) is 0 Å². The van der Waals surface area contributed by atoms with Crippen LogP contribution in [-0.4, -0.2) is 32.7 Å². The molecule has 0 aromatic heterocycles. The first-order valence-electron chi connectivity index (χ1n) is 7.49. The Balaban J connectivity index is 2.70. The van der Waals surface area contributed by atoms with Gasteiger partial charge in [0.15, 0.2) is 8.03 Å². The van der Waals surface area contributed by atoms with Crippen molar-refractivity contribution in [2.45, 2.75) is 44.7 Å². The molecule has 0 heterocycles. The van der Waals surface area contributed by atoms with Crippen molar-refractivity contribution in [1.29, 1.82) is 0 Å². The fraction of sp³-hybridized carbons (Fsp3) is 0.500. The van der Waals surface area contributed by atoms with Crippen LogP contribution in [-0.2, 0) is 20.6 Å². The lowest BCUT2D eigenvalue weighted by molar-refractivity contribution is -0.149. The lowest BCUT2D eigenvalue weighted by Crippen LogP contribution is -2.39. The highest BCUT2D eigenvalue weighted by Gasteiger charge is 2.44. The Kier molecular flexibility index (Phi) is 7.46. The highest BCUT2D eigenvalue weighted by molar-refractivity contribution is 7.39. The first-order valence-corrected chi connectivity index (χ1v) is 8.92. The van der Waals surface area contributed by atoms with Gasteiger partial charge in [0.05, 0.1) is 17.5 Å². The molecule has 0 amide bonds. The summed E-state index contributed by atoms with van der Waals surface area (Å²) in [6.45, 7) is 1.37. The number of unbranched alkanes of at least 4 members (excludes halogenated alkanes) is 1. The van der Waals surface area contributed by atoms with E-state index in [2.05, 4.69) is 0 Å². The van der Waals surface area contributed by atoms with Crippen molar-refractivity contribution >= 4 is 20.0 Å². The van der Waals surface area contributed by atoms with Crippen LogP contribution < -0.4 is 0 Å². The van der Waals surface area contributed by atoms with Crippen LogP contribution in [0.1, 0.15) is 38.2 Å². The number of hydrogen-bond donors (Lipinski definition) is 3. The molecule has 23 heavy (non-hydrogen) atoms. The smallest absolute Gasteiger partial charge is 0.310 e. The first kappa shape index (κ1) is 19.4. The second-order valence-corrected chi connectivity index (χ2v) is 7.28. The van der Waals surface area contributed by atoms with E-state index in [0.29, 0.717) is 6.42 Å². The van der Waals surface area contributed by atoms with Crippen molar-refractivity contribution in [3.8, 4) is 0 Å². The molecule has 7 heteroatoms. The van der Waals surface area contributed by atoms with Crippen LogP contribution in [0.25, 0.3) is 0 Å². The van der Waals surface area contributed by atoms with Crippen molar-refractivity contribution in [1.82, 2.24) is 0 Å². The number of hydrogen-bond acceptors (Lipinski definition) is 3. The van der Waals surface area contributed by atoms with Gasteiger partial charge in [0.25, 0.3) is 0 Å². The van der Waals surface area contributed by atoms with Crippen molar-refractivity contribution in [3.05, 3.63) is 35.9 Å². The molecule has 0 aliphatic rings.